The number of methoxy groups -OCH3 is 2. The monoisotopic (exact) mass is 396 g/mol. The molecule has 0 bridgehead atoms. The van der Waals surface area contributed by atoms with Crippen molar-refractivity contribution < 1.29 is 14.3 Å². The molecule has 146 valence electrons. The van der Waals surface area contributed by atoms with Crippen LogP contribution in [0.15, 0.2) is 48.7 Å². The molecule has 1 saturated heterocycles. The Balaban J connectivity index is 1.62. The highest BCUT2D eigenvalue weighted by Crippen LogP contribution is 2.43. The van der Waals surface area contributed by atoms with Crippen molar-refractivity contribution in [1.29, 1.82) is 0 Å². The van der Waals surface area contributed by atoms with E-state index in [2.05, 4.69) is 22.9 Å². The Bertz CT molecular complexity index is 1010. The molecule has 5 nitrogen and oxygen atoms in total. The number of hydrogen-bond donors (Lipinski definition) is 0. The Labute approximate surface area is 169 Å². The molecule has 1 aliphatic heterocycles. The summed E-state index contributed by atoms with van der Waals surface area (Å²) >= 11 is 1.76. The first-order valence-electron chi connectivity index (χ1n) is 9.28. The van der Waals surface area contributed by atoms with E-state index in [0.717, 1.165) is 45.8 Å². The zero-order valence-electron chi connectivity index (χ0n) is 16.3. The van der Waals surface area contributed by atoms with Crippen LogP contribution in [0.4, 0.5) is 0 Å². The van der Waals surface area contributed by atoms with E-state index in [1.54, 1.807) is 26.0 Å². The Kier molecular flexibility index (Phi) is 5.22. The number of rotatable bonds is 5. The summed E-state index contributed by atoms with van der Waals surface area (Å²) < 4.78 is 13.0. The Morgan fingerprint density at radius 1 is 1.18 bits per heavy atom. The molecule has 4 rings (SSSR count). The van der Waals surface area contributed by atoms with E-state index in [4.69, 9.17) is 9.47 Å². The van der Waals surface area contributed by atoms with Crippen LogP contribution in [0.2, 0.25) is 0 Å². The first-order chi connectivity index (χ1) is 13.6. The number of carbonyl (C=O) groups is 1. The van der Waals surface area contributed by atoms with Gasteiger partial charge in [-0.2, -0.15) is 0 Å². The fraction of sp³-hybridized carbons (Fsp3) is 0.318. The summed E-state index contributed by atoms with van der Waals surface area (Å²) in [6, 6.07) is 14.0. The number of ether oxygens (including phenoxy) is 2. The smallest absolute Gasteiger partial charge is 0.228 e. The van der Waals surface area contributed by atoms with Crippen molar-refractivity contribution in [3.8, 4) is 11.5 Å². The minimum absolute atomic E-state index is 0.0625. The average Bonchev–Trinajstić information content (AvgIpc) is 3.33. The van der Waals surface area contributed by atoms with Crippen LogP contribution >= 0.6 is 11.8 Å². The van der Waals surface area contributed by atoms with E-state index < -0.39 is 0 Å². The standard InChI is InChI=1S/C22H24N2O3S/c1-23-14-15(17-6-4-5-7-19(17)23)12-21(25)24-10-11-28-22(24)18-13-16(26-2)8-9-20(18)27-3/h4-9,13-14,22H,10-12H2,1-3H3. The molecule has 0 spiro atoms. The van der Waals surface area contributed by atoms with Crippen LogP contribution in [0.3, 0.4) is 0 Å². The fourth-order valence-corrected chi connectivity index (χ4v) is 5.14. The molecule has 1 unspecified atom stereocenters. The minimum atomic E-state index is -0.0625. The Morgan fingerprint density at radius 3 is 2.79 bits per heavy atom. The zero-order valence-corrected chi connectivity index (χ0v) is 17.2. The first kappa shape index (κ1) is 18.7. The number of aromatic nitrogens is 1. The van der Waals surface area contributed by atoms with Crippen molar-refractivity contribution in [1.82, 2.24) is 9.47 Å². The quantitative estimate of drug-likeness (QED) is 0.654. The third-order valence-corrected chi connectivity index (χ3v) is 6.48. The summed E-state index contributed by atoms with van der Waals surface area (Å²) in [7, 11) is 5.33. The number of thioether (sulfide) groups is 1. The largest absolute Gasteiger partial charge is 0.497 e. The van der Waals surface area contributed by atoms with E-state index >= 15 is 0 Å². The summed E-state index contributed by atoms with van der Waals surface area (Å²) in [5, 5.41) is 1.08. The Hall–Kier alpha value is -2.60. The number of amides is 1. The van der Waals surface area contributed by atoms with E-state index in [0.29, 0.717) is 6.42 Å². The maximum Gasteiger partial charge on any atom is 0.228 e. The number of carbonyl (C=O) groups excluding carboxylic acids is 1. The van der Waals surface area contributed by atoms with Crippen molar-refractivity contribution >= 4 is 28.6 Å². The van der Waals surface area contributed by atoms with E-state index in [1.165, 1.54) is 0 Å². The van der Waals surface area contributed by atoms with Gasteiger partial charge >= 0.3 is 0 Å². The molecule has 1 amide bonds. The van der Waals surface area contributed by atoms with Crippen LogP contribution in [0.5, 0.6) is 11.5 Å². The molecule has 1 aliphatic rings. The molecule has 2 heterocycles. The minimum Gasteiger partial charge on any atom is -0.497 e. The third kappa shape index (κ3) is 3.33. The van der Waals surface area contributed by atoms with E-state index in [9.17, 15) is 4.79 Å². The number of hydrogen-bond acceptors (Lipinski definition) is 4. The normalized spacial score (nSPS) is 16.5. The van der Waals surface area contributed by atoms with Gasteiger partial charge in [0, 0.05) is 42.0 Å². The lowest BCUT2D eigenvalue weighted by atomic mass is 10.1. The third-order valence-electron chi connectivity index (χ3n) is 5.24. The highest BCUT2D eigenvalue weighted by Gasteiger charge is 2.33. The summed E-state index contributed by atoms with van der Waals surface area (Å²) in [5.41, 5.74) is 3.19. The molecule has 6 heteroatoms. The molecule has 0 radical (unpaired) electrons. The van der Waals surface area contributed by atoms with Crippen LogP contribution < -0.4 is 9.47 Å². The molecular formula is C22H24N2O3S. The zero-order chi connectivity index (χ0) is 19.7. The predicted octanol–water partition coefficient (Wildman–Crippen LogP) is 4.01. The van der Waals surface area contributed by atoms with Gasteiger partial charge < -0.3 is 18.9 Å². The molecule has 3 aromatic rings. The molecule has 1 atom stereocenters. The fourth-order valence-electron chi connectivity index (χ4n) is 3.85. The highest BCUT2D eigenvalue weighted by atomic mass is 32.2. The highest BCUT2D eigenvalue weighted by molar-refractivity contribution is 7.99. The van der Waals surface area contributed by atoms with Gasteiger partial charge in [-0.05, 0) is 29.8 Å². The maximum absolute atomic E-state index is 13.2. The topological polar surface area (TPSA) is 43.7 Å². The molecule has 0 aliphatic carbocycles. The molecular weight excluding hydrogens is 372 g/mol. The molecule has 1 aromatic heterocycles. The van der Waals surface area contributed by atoms with Crippen molar-refractivity contribution in [2.24, 2.45) is 7.05 Å². The number of aryl methyl sites for hydroxylation is 1. The molecule has 1 fully saturated rings. The molecule has 0 N–H and O–H groups in total. The molecule has 28 heavy (non-hydrogen) atoms. The van der Waals surface area contributed by atoms with Gasteiger partial charge in [0.1, 0.15) is 16.9 Å². The first-order valence-corrected chi connectivity index (χ1v) is 10.3. The number of para-hydroxylation sites is 1. The van der Waals surface area contributed by atoms with Gasteiger partial charge in [0.05, 0.1) is 20.6 Å². The van der Waals surface area contributed by atoms with Gasteiger partial charge in [-0.3, -0.25) is 4.79 Å². The summed E-state index contributed by atoms with van der Waals surface area (Å²) in [6.45, 7) is 0.735. The number of nitrogens with zero attached hydrogens (tertiary/aromatic N) is 2. The second kappa shape index (κ2) is 7.80. The van der Waals surface area contributed by atoms with Crippen molar-refractivity contribution in [3.05, 3.63) is 59.8 Å². The molecule has 0 saturated carbocycles. The van der Waals surface area contributed by atoms with Gasteiger partial charge in [0.2, 0.25) is 5.91 Å². The summed E-state index contributed by atoms with van der Waals surface area (Å²) in [6.07, 6.45) is 2.46. The summed E-state index contributed by atoms with van der Waals surface area (Å²) in [5.74, 6) is 2.59. The van der Waals surface area contributed by atoms with Crippen LogP contribution in [-0.4, -0.2) is 41.9 Å². The lowest BCUT2D eigenvalue weighted by molar-refractivity contribution is -0.130. The van der Waals surface area contributed by atoms with Gasteiger partial charge in [-0.1, -0.05) is 18.2 Å². The lowest BCUT2D eigenvalue weighted by Crippen LogP contribution is -2.31. The van der Waals surface area contributed by atoms with Gasteiger partial charge in [0.25, 0.3) is 0 Å². The van der Waals surface area contributed by atoms with Crippen LogP contribution in [0.1, 0.15) is 16.5 Å². The SMILES string of the molecule is COc1ccc(OC)c(C2SCCN2C(=O)Cc2cn(C)c3ccccc23)c1. The van der Waals surface area contributed by atoms with Gasteiger partial charge in [0.15, 0.2) is 0 Å². The summed E-state index contributed by atoms with van der Waals surface area (Å²) in [4.78, 5) is 15.2. The van der Waals surface area contributed by atoms with E-state index in [1.807, 2.05) is 42.3 Å². The number of fused-ring (bicyclic) bond motifs is 1. The number of benzene rings is 2. The van der Waals surface area contributed by atoms with Gasteiger partial charge in [-0.15, -0.1) is 11.8 Å². The predicted molar refractivity (Wildman–Crippen MR) is 113 cm³/mol. The van der Waals surface area contributed by atoms with Crippen molar-refractivity contribution in [2.45, 2.75) is 11.8 Å². The maximum atomic E-state index is 13.2. The van der Waals surface area contributed by atoms with E-state index in [-0.39, 0.29) is 11.3 Å². The van der Waals surface area contributed by atoms with Crippen LogP contribution in [0.25, 0.3) is 10.9 Å². The lowest BCUT2D eigenvalue weighted by Gasteiger charge is -2.26. The van der Waals surface area contributed by atoms with Crippen molar-refractivity contribution in [3.63, 3.8) is 0 Å². The Morgan fingerprint density at radius 2 is 2.00 bits per heavy atom. The van der Waals surface area contributed by atoms with Gasteiger partial charge in [-0.25, -0.2) is 0 Å². The second-order valence-electron chi connectivity index (χ2n) is 6.88. The molecule has 2 aromatic carbocycles. The second-order valence-corrected chi connectivity index (χ2v) is 8.07. The van der Waals surface area contributed by atoms with Crippen molar-refractivity contribution in [2.75, 3.05) is 26.5 Å². The van der Waals surface area contributed by atoms with Crippen LogP contribution in [0, 0.1) is 0 Å². The average molecular weight is 397 g/mol. The van der Waals surface area contributed by atoms with Crippen LogP contribution in [-0.2, 0) is 18.3 Å².